The second-order valence-corrected chi connectivity index (χ2v) is 8.46. The van der Waals surface area contributed by atoms with E-state index in [2.05, 4.69) is 36.1 Å². The monoisotopic (exact) mass is 405 g/mol. The highest BCUT2D eigenvalue weighted by molar-refractivity contribution is 6.31. The number of aliphatic carboxylic acids is 1. The molecule has 27 heavy (non-hydrogen) atoms. The Hall–Kier alpha value is -1.55. The average molecular weight is 406 g/mol. The summed E-state index contributed by atoms with van der Waals surface area (Å²) >= 11 is 12.5. The van der Waals surface area contributed by atoms with Crippen LogP contribution in [0.4, 0.5) is 0 Å². The van der Waals surface area contributed by atoms with Crippen molar-refractivity contribution in [3.63, 3.8) is 0 Å². The molecule has 0 heterocycles. The summed E-state index contributed by atoms with van der Waals surface area (Å²) in [6.07, 6.45) is 2.18. The summed E-state index contributed by atoms with van der Waals surface area (Å²) in [5.41, 5.74) is 3.72. The number of aryl methyl sites for hydroxylation is 1. The van der Waals surface area contributed by atoms with E-state index in [0.29, 0.717) is 6.54 Å². The van der Waals surface area contributed by atoms with Crippen LogP contribution in [0.25, 0.3) is 0 Å². The van der Waals surface area contributed by atoms with Crippen LogP contribution in [0.15, 0.2) is 42.5 Å². The molecule has 3 rings (SSSR count). The third-order valence-corrected chi connectivity index (χ3v) is 6.32. The van der Waals surface area contributed by atoms with Gasteiger partial charge in [0.05, 0.1) is 6.42 Å². The van der Waals surface area contributed by atoms with Crippen molar-refractivity contribution in [2.24, 2.45) is 5.92 Å². The lowest BCUT2D eigenvalue weighted by Crippen LogP contribution is -2.40. The summed E-state index contributed by atoms with van der Waals surface area (Å²) in [6.45, 7) is 3.60. The van der Waals surface area contributed by atoms with Gasteiger partial charge in [0.15, 0.2) is 0 Å². The number of carboxylic acids is 1. The van der Waals surface area contributed by atoms with E-state index in [1.165, 1.54) is 16.7 Å². The maximum absolute atomic E-state index is 10.9. The van der Waals surface area contributed by atoms with Gasteiger partial charge in [0.25, 0.3) is 0 Å². The average Bonchev–Trinajstić information content (AvgIpc) is 3.00. The molecule has 0 saturated carbocycles. The molecular formula is C22H25Cl2NO2. The highest BCUT2D eigenvalue weighted by Crippen LogP contribution is 2.50. The van der Waals surface area contributed by atoms with Gasteiger partial charge in [-0.1, -0.05) is 48.3 Å². The minimum atomic E-state index is -0.764. The van der Waals surface area contributed by atoms with E-state index in [1.807, 2.05) is 25.2 Å². The standard InChI is InChI=1S/C22H25Cl2NO2/c1-15(14-25(2)12-10-21(26)27)22(17-4-7-18(23)8-5-17)11-9-16-3-6-19(24)13-20(16)22/h3-8,13,15H,9-12,14H2,1-2H3,(H,26,27)/t15-,22-/m1/s1. The quantitative estimate of drug-likeness (QED) is 0.681. The first-order valence-corrected chi connectivity index (χ1v) is 10.0. The Balaban J connectivity index is 1.99. The first-order chi connectivity index (χ1) is 12.8. The van der Waals surface area contributed by atoms with Crippen molar-refractivity contribution in [1.29, 1.82) is 0 Å². The molecule has 1 N–H and O–H groups in total. The van der Waals surface area contributed by atoms with Crippen molar-refractivity contribution in [3.8, 4) is 0 Å². The van der Waals surface area contributed by atoms with Gasteiger partial charge in [-0.2, -0.15) is 0 Å². The topological polar surface area (TPSA) is 40.5 Å². The molecule has 1 aliphatic rings. The van der Waals surface area contributed by atoms with E-state index in [-0.39, 0.29) is 17.8 Å². The van der Waals surface area contributed by atoms with Gasteiger partial charge in [-0.15, -0.1) is 0 Å². The van der Waals surface area contributed by atoms with E-state index in [1.54, 1.807) is 0 Å². The molecule has 2 aromatic rings. The van der Waals surface area contributed by atoms with Crippen molar-refractivity contribution in [3.05, 3.63) is 69.2 Å². The molecule has 0 amide bonds. The summed E-state index contributed by atoms with van der Waals surface area (Å²) in [5, 5.41) is 10.4. The minimum absolute atomic E-state index is 0.150. The molecule has 0 bridgehead atoms. The molecule has 144 valence electrons. The van der Waals surface area contributed by atoms with Crippen molar-refractivity contribution < 1.29 is 9.90 Å². The number of nitrogens with zero attached hydrogens (tertiary/aromatic N) is 1. The molecule has 0 aromatic heterocycles. The lowest BCUT2D eigenvalue weighted by molar-refractivity contribution is -0.137. The molecule has 0 aliphatic heterocycles. The molecule has 2 atom stereocenters. The maximum Gasteiger partial charge on any atom is 0.304 e. The lowest BCUT2D eigenvalue weighted by Gasteiger charge is -2.39. The second-order valence-electron chi connectivity index (χ2n) is 7.59. The van der Waals surface area contributed by atoms with Crippen LogP contribution in [-0.4, -0.2) is 36.1 Å². The van der Waals surface area contributed by atoms with Crippen LogP contribution in [0.2, 0.25) is 10.0 Å². The van der Waals surface area contributed by atoms with Crippen LogP contribution in [0, 0.1) is 5.92 Å². The largest absolute Gasteiger partial charge is 0.481 e. The Labute approximate surface area is 170 Å². The predicted molar refractivity (Wildman–Crippen MR) is 111 cm³/mol. The number of benzene rings is 2. The SMILES string of the molecule is C[C@H](CN(C)CCC(=O)O)[C@@]1(c2ccc(Cl)cc2)CCc2ccc(Cl)cc21. The van der Waals surface area contributed by atoms with E-state index in [9.17, 15) is 4.79 Å². The molecule has 0 spiro atoms. The van der Waals surface area contributed by atoms with Crippen LogP contribution in [-0.2, 0) is 16.6 Å². The second kappa shape index (κ2) is 8.22. The number of carbonyl (C=O) groups is 1. The number of halogens is 2. The molecule has 0 radical (unpaired) electrons. The number of carboxylic acid groups (broad SMARTS) is 1. The third kappa shape index (κ3) is 4.16. The maximum atomic E-state index is 10.9. The zero-order valence-corrected chi connectivity index (χ0v) is 17.2. The molecule has 1 aliphatic carbocycles. The first-order valence-electron chi connectivity index (χ1n) is 9.28. The van der Waals surface area contributed by atoms with Gasteiger partial charge < -0.3 is 10.0 Å². The smallest absolute Gasteiger partial charge is 0.304 e. The van der Waals surface area contributed by atoms with E-state index < -0.39 is 5.97 Å². The van der Waals surface area contributed by atoms with Crippen molar-refractivity contribution in [1.82, 2.24) is 4.90 Å². The van der Waals surface area contributed by atoms with Gasteiger partial charge in [-0.3, -0.25) is 4.79 Å². The van der Waals surface area contributed by atoms with Gasteiger partial charge in [0, 0.05) is 28.5 Å². The molecule has 5 heteroatoms. The zero-order valence-electron chi connectivity index (χ0n) is 15.7. The van der Waals surface area contributed by atoms with Crippen molar-refractivity contribution in [2.75, 3.05) is 20.1 Å². The van der Waals surface area contributed by atoms with Crippen LogP contribution in [0.3, 0.4) is 0 Å². The van der Waals surface area contributed by atoms with Crippen molar-refractivity contribution >= 4 is 29.2 Å². The molecule has 2 aromatic carbocycles. The number of fused-ring (bicyclic) bond motifs is 1. The van der Waals surface area contributed by atoms with Gasteiger partial charge in [0.1, 0.15) is 0 Å². The molecule has 0 unspecified atom stereocenters. The zero-order chi connectivity index (χ0) is 19.6. The summed E-state index contributed by atoms with van der Waals surface area (Å²) in [5.74, 6) is -0.475. The van der Waals surface area contributed by atoms with Gasteiger partial charge in [-0.05, 0) is 66.8 Å². The van der Waals surface area contributed by atoms with Gasteiger partial charge in [0.2, 0.25) is 0 Å². The predicted octanol–water partition coefficient (Wildman–Crippen LogP) is 5.27. The Bertz CT molecular complexity index is 822. The van der Waals surface area contributed by atoms with Crippen LogP contribution >= 0.6 is 23.2 Å². The molecule has 0 saturated heterocycles. The van der Waals surface area contributed by atoms with Crippen LogP contribution in [0.5, 0.6) is 0 Å². The number of rotatable bonds is 7. The third-order valence-electron chi connectivity index (χ3n) is 5.83. The summed E-state index contributed by atoms with van der Waals surface area (Å²) in [4.78, 5) is 13.0. The Kier molecular flexibility index (Phi) is 6.15. The van der Waals surface area contributed by atoms with Gasteiger partial charge >= 0.3 is 5.97 Å². The highest BCUT2D eigenvalue weighted by Gasteiger charge is 2.44. The van der Waals surface area contributed by atoms with Crippen LogP contribution in [0.1, 0.15) is 36.5 Å². The Morgan fingerprint density at radius 3 is 2.52 bits per heavy atom. The molecule has 0 fully saturated rings. The van der Waals surface area contributed by atoms with Crippen molar-refractivity contribution in [2.45, 2.75) is 31.6 Å². The van der Waals surface area contributed by atoms with E-state index in [0.717, 1.165) is 29.4 Å². The fraction of sp³-hybridized carbons (Fsp3) is 0.409. The first kappa shape index (κ1) is 20.2. The number of hydrogen-bond donors (Lipinski definition) is 1. The fourth-order valence-corrected chi connectivity index (χ4v) is 4.79. The normalized spacial score (nSPS) is 19.9. The van der Waals surface area contributed by atoms with E-state index in [4.69, 9.17) is 28.3 Å². The summed E-state index contributed by atoms with van der Waals surface area (Å²) < 4.78 is 0. The molecular weight excluding hydrogens is 381 g/mol. The summed E-state index contributed by atoms with van der Waals surface area (Å²) in [7, 11) is 1.99. The van der Waals surface area contributed by atoms with Crippen LogP contribution < -0.4 is 0 Å². The van der Waals surface area contributed by atoms with E-state index >= 15 is 0 Å². The number of hydrogen-bond acceptors (Lipinski definition) is 2. The Morgan fingerprint density at radius 1 is 1.19 bits per heavy atom. The highest BCUT2D eigenvalue weighted by atomic mass is 35.5. The minimum Gasteiger partial charge on any atom is -0.481 e. The lowest BCUT2D eigenvalue weighted by atomic mass is 9.67. The Morgan fingerprint density at radius 2 is 1.85 bits per heavy atom. The molecule has 3 nitrogen and oxygen atoms in total. The summed E-state index contributed by atoms with van der Waals surface area (Å²) in [6, 6.07) is 14.3. The van der Waals surface area contributed by atoms with Gasteiger partial charge in [-0.25, -0.2) is 0 Å². The fourth-order valence-electron chi connectivity index (χ4n) is 4.49.